The molecule has 46 heteroatoms. The number of phosphoric acid groups is 4. The maximum Gasteiger partial charge on any atom is 0.472 e. The van der Waals surface area contributed by atoms with Gasteiger partial charge in [-0.25, -0.2) is 18.3 Å². The second-order valence-electron chi connectivity index (χ2n) is 29.9. The topological polar surface area (TPSA) is 605 Å². The zero-order valence-electron chi connectivity index (χ0n) is 69.3. The number of phosphoric ester groups is 4. The van der Waals surface area contributed by atoms with Crippen molar-refractivity contribution in [2.45, 2.75) is 305 Å². The Morgan fingerprint density at radius 3 is 0.890 bits per heavy atom. The predicted molar refractivity (Wildman–Crippen MR) is 418 cm³/mol. The van der Waals surface area contributed by atoms with Crippen LogP contribution in [0.5, 0.6) is 0 Å². The van der Waals surface area contributed by atoms with Crippen LogP contribution in [-0.4, -0.2) is 331 Å². The lowest BCUT2D eigenvalue weighted by molar-refractivity contribution is -0.270. The minimum absolute atomic E-state index is 0.0348. The Balaban J connectivity index is 1.56. The molecule has 0 aromatic carbocycles. The van der Waals surface area contributed by atoms with E-state index in [1.165, 1.54) is 20.8 Å². The molecular weight excluding hydrogens is 1650 g/mol. The van der Waals surface area contributed by atoms with E-state index in [1.54, 1.807) is 13.8 Å². The van der Waals surface area contributed by atoms with Crippen molar-refractivity contribution in [3.63, 3.8) is 0 Å². The highest BCUT2D eigenvalue weighted by Gasteiger charge is 2.47. The van der Waals surface area contributed by atoms with E-state index in [1.807, 2.05) is 0 Å². The van der Waals surface area contributed by atoms with Crippen LogP contribution in [0.15, 0.2) is 0 Å². The highest BCUT2D eigenvalue weighted by molar-refractivity contribution is 7.48. The van der Waals surface area contributed by atoms with E-state index >= 15 is 0 Å². The molecule has 0 saturated carbocycles. The molecule has 3 heterocycles. The first-order valence-corrected chi connectivity index (χ1v) is 47.0. The van der Waals surface area contributed by atoms with E-state index in [0.29, 0.717) is 57.8 Å². The molecule has 0 bridgehead atoms. The van der Waals surface area contributed by atoms with Gasteiger partial charge < -0.3 is 134 Å². The number of amides is 3. The minimum atomic E-state index is -4.71. The fourth-order valence-electron chi connectivity index (χ4n) is 12.9. The summed E-state index contributed by atoms with van der Waals surface area (Å²) in [6, 6.07) is -2.95. The summed E-state index contributed by atoms with van der Waals surface area (Å²) in [7, 11) is -17.4. The number of ether oxygens (including phenoxy) is 10. The molecule has 3 aliphatic rings. The third kappa shape index (κ3) is 47.0. The molecule has 3 saturated heterocycles. The van der Waals surface area contributed by atoms with Gasteiger partial charge in [0.25, 0.3) is 0 Å². The third-order valence-electron chi connectivity index (χ3n) is 19.4. The van der Waals surface area contributed by atoms with Gasteiger partial charge in [-0.05, 0) is 78.1 Å². The summed E-state index contributed by atoms with van der Waals surface area (Å²) < 4.78 is 151. The van der Waals surface area contributed by atoms with E-state index < -0.39 is 191 Å². The van der Waals surface area contributed by atoms with Crippen LogP contribution >= 0.6 is 31.3 Å². The number of hydrogen-bond acceptors (Lipinski definition) is 35. The molecule has 3 fully saturated rings. The third-order valence-corrected chi connectivity index (χ3v) is 23.5. The molecule has 698 valence electrons. The van der Waals surface area contributed by atoms with Gasteiger partial charge in [0.1, 0.15) is 60.9 Å². The van der Waals surface area contributed by atoms with Crippen LogP contribution in [0.2, 0.25) is 0 Å². The van der Waals surface area contributed by atoms with Gasteiger partial charge in [-0.2, -0.15) is 0 Å². The summed E-state index contributed by atoms with van der Waals surface area (Å²) in [4.78, 5) is 76.9. The Hall–Kier alpha value is -1.95. The van der Waals surface area contributed by atoms with Gasteiger partial charge in [0.2, 0.25) is 17.7 Å². The van der Waals surface area contributed by atoms with E-state index in [9.17, 15) is 103 Å². The van der Waals surface area contributed by atoms with Crippen LogP contribution in [-0.2, 0) is 116 Å². The van der Waals surface area contributed by atoms with Crippen LogP contribution in [0, 0.1) is 5.41 Å². The second-order valence-corrected chi connectivity index (χ2v) is 35.6. The summed E-state index contributed by atoms with van der Waals surface area (Å²) in [5, 5.41) is 110. The number of aliphatic hydroxyl groups excluding tert-OH is 10. The Bertz CT molecular complexity index is 2750. The summed E-state index contributed by atoms with van der Waals surface area (Å²) in [6.45, 7) is 3.20. The lowest BCUT2D eigenvalue weighted by Crippen LogP contribution is -2.64. The molecule has 0 aromatic heterocycles. The van der Waals surface area contributed by atoms with Crippen molar-refractivity contribution in [2.24, 2.45) is 5.41 Å². The minimum Gasteiger partial charge on any atom is -0.394 e. The average molecular weight is 1800 g/mol. The summed E-state index contributed by atoms with van der Waals surface area (Å²) in [5.74, 6) is -1.31. The average Bonchev–Trinajstić information content (AvgIpc) is 0.818. The molecule has 0 spiro atoms. The molecule has 42 nitrogen and oxygen atoms in total. The molecular formula is C72H141N3O39P4. The fourth-order valence-corrected chi connectivity index (χ4v) is 16.3. The maximum absolute atomic E-state index is 13.1. The van der Waals surface area contributed by atoms with Gasteiger partial charge in [-0.3, -0.25) is 50.6 Å². The van der Waals surface area contributed by atoms with Crippen molar-refractivity contribution in [3.05, 3.63) is 0 Å². The molecule has 17 N–H and O–H groups in total. The summed E-state index contributed by atoms with van der Waals surface area (Å²) in [5.41, 5.74) is -1.21. The van der Waals surface area contributed by atoms with E-state index in [0.717, 1.165) is 64.9 Å². The van der Waals surface area contributed by atoms with Crippen LogP contribution < -0.4 is 16.0 Å². The van der Waals surface area contributed by atoms with Crippen LogP contribution in [0.25, 0.3) is 0 Å². The molecule has 3 amide bonds. The number of rotatable bonds is 72. The summed E-state index contributed by atoms with van der Waals surface area (Å²) in [6.07, 6.45) is -2.89. The van der Waals surface area contributed by atoms with Crippen LogP contribution in [0.3, 0.4) is 0 Å². The largest absolute Gasteiger partial charge is 0.472 e. The van der Waals surface area contributed by atoms with Crippen LogP contribution in [0.1, 0.15) is 195 Å². The number of carbonyl (C=O) groups is 3. The van der Waals surface area contributed by atoms with Gasteiger partial charge in [0.05, 0.1) is 115 Å². The zero-order valence-corrected chi connectivity index (χ0v) is 72.8. The van der Waals surface area contributed by atoms with E-state index in [2.05, 4.69) is 20.5 Å². The predicted octanol–water partition coefficient (Wildman–Crippen LogP) is 2.97. The Morgan fingerprint density at radius 1 is 0.356 bits per heavy atom. The lowest BCUT2D eigenvalue weighted by atomic mass is 9.92. The highest BCUT2D eigenvalue weighted by Crippen LogP contribution is 2.48. The van der Waals surface area contributed by atoms with Crippen molar-refractivity contribution in [1.29, 1.82) is 0 Å². The molecule has 22 atom stereocenters. The monoisotopic (exact) mass is 1800 g/mol. The Kier molecular flexibility index (Phi) is 57.4. The molecule has 3 rings (SSSR count). The molecule has 0 aliphatic carbocycles. The van der Waals surface area contributed by atoms with Gasteiger partial charge >= 0.3 is 31.3 Å². The molecule has 3 aliphatic heterocycles. The first-order chi connectivity index (χ1) is 56.1. The molecule has 22 unspecified atom stereocenters. The standard InChI is InChI=1S/C72H141N3O39P4/c1-51-63(83)66(86)60(73-53(3)80)69(109-51)102-36-22-16-10-7-13-19-29-56(43-76)112-116(91,92)106-40-26-33-99-48-72(47-98-32-25-39-105-115(89,90)97-6,49-100-34-27-41-107-117(93,94)113-57(44-77)30-20-14-8-11-17-23-37-103-70-61(74-54(4)81)67(87)64(84)52(2)110-70)50-101-35-28-42-108-118(95,96)114-58(45-78)31-21-15-9-12-18-24-38-104-71-62(75-55(5)82)68(88)65(85)59(46-79)111-71/h51-52,56-71,76-79,83-88H,7-50H2,1-6H3,(H,73,80)(H,74,81)(H,75,82)(H,89,90)(H,91,92)(H,93,94)(H,95,96). The van der Waals surface area contributed by atoms with Gasteiger partial charge in [0.15, 0.2) is 18.9 Å². The van der Waals surface area contributed by atoms with Gasteiger partial charge in [-0.15, -0.1) is 0 Å². The number of hydrogen-bond donors (Lipinski definition) is 17. The van der Waals surface area contributed by atoms with Crippen LogP contribution in [0.4, 0.5) is 0 Å². The maximum atomic E-state index is 13.1. The second kappa shape index (κ2) is 61.5. The first kappa shape index (κ1) is 110. The van der Waals surface area contributed by atoms with Crippen molar-refractivity contribution in [2.75, 3.05) is 133 Å². The molecule has 0 aromatic rings. The highest BCUT2D eigenvalue weighted by atomic mass is 31.2. The number of unbranched alkanes of at least 4 members (excludes halogenated alkanes) is 15. The number of nitrogens with one attached hydrogen (secondary N) is 3. The van der Waals surface area contributed by atoms with Crippen molar-refractivity contribution < 1.29 is 187 Å². The normalized spacial score (nSPS) is 27.1. The quantitative estimate of drug-likeness (QED) is 0.0307. The summed E-state index contributed by atoms with van der Waals surface area (Å²) >= 11 is 0. The number of aliphatic hydroxyl groups is 10. The van der Waals surface area contributed by atoms with E-state index in [-0.39, 0.29) is 144 Å². The SMILES string of the molecule is COP(=O)(O)OCCCOCC(COCCCOP(=O)(O)OC(CO)CCCCCCCCOC1OC(C)C(O)C(O)C1NC(C)=O)(COCCCOP(=O)(O)OC(CO)CCCCCCCCOC1OC(C)C(O)C(O)C1NC(C)=O)COCCCOP(=O)(O)OC(CO)CCCCCCCCOC1OC(CO)C(O)C(O)C1NC(C)=O. The Morgan fingerprint density at radius 2 is 0.619 bits per heavy atom. The van der Waals surface area contributed by atoms with Crippen molar-refractivity contribution >= 4 is 49.0 Å². The number of carbonyl (C=O) groups excluding carboxylic acids is 3. The zero-order chi connectivity index (χ0) is 87.6. The lowest BCUT2D eigenvalue weighted by Gasteiger charge is -2.42. The van der Waals surface area contributed by atoms with Crippen molar-refractivity contribution in [3.8, 4) is 0 Å². The van der Waals surface area contributed by atoms with E-state index in [4.69, 9.17) is 79.0 Å². The smallest absolute Gasteiger partial charge is 0.394 e. The molecule has 0 radical (unpaired) electrons. The van der Waals surface area contributed by atoms with Gasteiger partial charge in [0, 0.05) is 74.1 Å². The molecule has 118 heavy (non-hydrogen) atoms. The van der Waals surface area contributed by atoms with Gasteiger partial charge in [-0.1, -0.05) is 96.3 Å². The first-order valence-electron chi connectivity index (χ1n) is 41.0. The van der Waals surface area contributed by atoms with Crippen molar-refractivity contribution in [1.82, 2.24) is 16.0 Å². The fraction of sp³-hybridized carbons (Fsp3) is 0.958. The Labute approximate surface area is 692 Å².